The maximum absolute atomic E-state index is 8.58. The molecule has 5 aliphatic heterocycles. The van der Waals surface area contributed by atoms with E-state index in [2.05, 4.69) is 58.3 Å². The van der Waals surface area contributed by atoms with Crippen LogP contribution in [0.2, 0.25) is 0 Å². The average molecular weight is 1380 g/mol. The molecule has 100 heavy (non-hydrogen) atoms. The highest BCUT2D eigenvalue weighted by molar-refractivity contribution is 5.37. The van der Waals surface area contributed by atoms with Crippen LogP contribution in [0.4, 0.5) is 0 Å². The van der Waals surface area contributed by atoms with Gasteiger partial charge in [0.25, 0.3) is 0 Å². The first-order chi connectivity index (χ1) is 67.0. The zero-order valence-corrected chi connectivity index (χ0v) is 56.2. The van der Waals surface area contributed by atoms with Gasteiger partial charge in [-0.25, -0.2) is 0 Å². The summed E-state index contributed by atoms with van der Waals surface area (Å²) in [6.45, 7) is -8.19. The Kier molecular flexibility index (Phi) is 13.9. The van der Waals surface area contributed by atoms with Gasteiger partial charge in [0, 0.05) is 150 Å². The van der Waals surface area contributed by atoms with Crippen LogP contribution in [0.25, 0.3) is 0 Å². The lowest BCUT2D eigenvalue weighted by molar-refractivity contribution is 0.127. The van der Waals surface area contributed by atoms with Gasteiger partial charge in [-0.15, -0.1) is 0 Å². The van der Waals surface area contributed by atoms with Crippen molar-refractivity contribution in [3.63, 3.8) is 0 Å². The molecule has 15 rings (SSSR count). The smallest absolute Gasteiger partial charge is 0.0626 e. The Hall–Kier alpha value is -8.20. The molecule has 5 saturated heterocycles. The fourth-order valence-corrected chi connectivity index (χ4v) is 11.9. The molecule has 0 aromatic heterocycles. The van der Waals surface area contributed by atoms with E-state index in [4.69, 9.17) is 60.3 Å². The van der Waals surface area contributed by atoms with Gasteiger partial charge in [0.2, 0.25) is 0 Å². The van der Waals surface area contributed by atoms with Crippen LogP contribution in [0.1, 0.15) is 146 Å². The van der Waals surface area contributed by atoms with Crippen LogP contribution < -0.4 is 0 Å². The fraction of sp³-hybridized carbons (Fsp3) is 0.333. The van der Waals surface area contributed by atoms with Crippen LogP contribution >= 0.6 is 0 Å². The van der Waals surface area contributed by atoms with Crippen LogP contribution in [-0.2, 0) is 0 Å². The van der Waals surface area contributed by atoms with Crippen LogP contribution in [0.5, 0.6) is 0 Å². The molecular weight excluding hydrogens is 1220 g/mol. The fourth-order valence-electron chi connectivity index (χ4n) is 11.9. The van der Waals surface area contributed by atoms with Crippen LogP contribution in [0, 0.1) is 0 Å². The van der Waals surface area contributed by atoms with Gasteiger partial charge in [0.05, 0.1) is 71.3 Å². The van der Waals surface area contributed by atoms with Crippen molar-refractivity contribution in [3.8, 4) is 0 Å². The summed E-state index contributed by atoms with van der Waals surface area (Å²) < 4.78 is 358. The largest absolute Gasteiger partial charge is 0.304 e. The number of piperazine rings is 5. The molecule has 0 aliphatic carbocycles. The van der Waals surface area contributed by atoms with E-state index in [1.54, 1.807) is 21.7 Å². The van der Waals surface area contributed by atoms with Crippen molar-refractivity contribution in [2.45, 2.75) is 30.2 Å². The molecule has 5 fully saturated rings. The lowest BCUT2D eigenvalue weighted by Crippen LogP contribution is -2.46. The second kappa shape index (κ2) is 39.1. The van der Waals surface area contributed by atoms with E-state index >= 15 is 0 Å². The summed E-state index contributed by atoms with van der Waals surface area (Å²) in [5, 5.41) is 0. The Bertz CT molecular complexity index is 5770. The quantitative estimate of drug-likeness (QED) is 0.0990. The summed E-state index contributed by atoms with van der Waals surface area (Å²) in [4.78, 5) is 15.8. The van der Waals surface area contributed by atoms with Crippen molar-refractivity contribution in [2.24, 2.45) is 0 Å². The van der Waals surface area contributed by atoms with E-state index in [1.165, 1.54) is 32.9 Å². The Morgan fingerprint density at radius 2 is 0.400 bits per heavy atom. The van der Waals surface area contributed by atoms with Crippen LogP contribution in [-0.4, -0.2) is 215 Å². The highest BCUT2D eigenvalue weighted by atomic mass is 15.3. The molecule has 0 atom stereocenters. The van der Waals surface area contributed by atoms with Crippen molar-refractivity contribution in [2.75, 3.05) is 166 Å². The predicted octanol–water partition coefficient (Wildman–Crippen LogP) is 15.1. The van der Waals surface area contributed by atoms with E-state index < -0.39 is 257 Å². The standard InChI is InChI=1S/5C18H22N2/c5*1-19-12-14-20(15-13-19)18(16-8-4-2-5-9-16)17-10-6-3-7-11-17/h5*2-11,18H,12-15H2,1H3/i2D,3D,4D,5D,6D,7D,8D,9D,10D,11D,14D2,15D2;1D3,2D,3D,4D,5D,6D,7D,8D,9D,10D,11D;2D,3D,4D,5D,6D,7D,8D,9D,10D,11D;14D2,15D2;1D3. The van der Waals surface area contributed by atoms with Crippen LogP contribution in [0.15, 0.2) is 303 Å². The number of hydrogen-bond acceptors (Lipinski definition) is 10. The maximum Gasteiger partial charge on any atom is 0.0626 e. The van der Waals surface area contributed by atoms with Gasteiger partial charge in [-0.05, 0) is 90.7 Å². The molecule has 0 spiro atoms. The topological polar surface area (TPSA) is 32.4 Å². The van der Waals surface area contributed by atoms with Crippen LogP contribution in [0.3, 0.4) is 0 Å². The second-order valence-electron chi connectivity index (χ2n) is 24.0. The molecule has 10 heteroatoms. The first-order valence-electron chi connectivity index (χ1n) is 55.0. The zero-order chi connectivity index (χ0) is 107. The Morgan fingerprint density at radius 1 is 0.220 bits per heavy atom. The molecule has 10 aromatic rings. The molecule has 0 saturated carbocycles. The van der Waals surface area contributed by atoms with E-state index in [0.717, 1.165) is 24.2 Å². The predicted molar refractivity (Wildman–Crippen MR) is 419 cm³/mol. The molecule has 10 nitrogen and oxygen atoms in total. The lowest BCUT2D eigenvalue weighted by Gasteiger charge is -2.38. The van der Waals surface area contributed by atoms with Gasteiger partial charge in [0.1, 0.15) is 0 Å². The Labute approximate surface area is 662 Å². The van der Waals surface area contributed by atoms with Crippen molar-refractivity contribution in [3.05, 3.63) is 358 Å². The average Bonchev–Trinajstić information content (AvgIpc) is 0.712. The Balaban J connectivity index is 0.000000173. The number of nitrogens with zero attached hydrogens (tertiary/aromatic N) is 10. The van der Waals surface area contributed by atoms with Crippen molar-refractivity contribution in [1.29, 1.82) is 0 Å². The molecule has 5 heterocycles. The molecule has 0 amide bonds. The molecule has 0 bridgehead atoms. The summed E-state index contributed by atoms with van der Waals surface area (Å²) in [7, 11) is 5.17. The van der Waals surface area contributed by atoms with Gasteiger partial charge in [-0.2, -0.15) is 0 Å². The molecular formula is C90H110N10. The summed E-state index contributed by atoms with van der Waals surface area (Å²) in [5.41, 5.74) is 2.52. The highest BCUT2D eigenvalue weighted by Gasteiger charge is 2.30. The maximum atomic E-state index is 8.58. The second-order valence-corrected chi connectivity index (χ2v) is 24.0. The molecule has 10 aromatic carbocycles. The first-order valence-corrected chi connectivity index (χ1v) is 33.0. The number of likely N-dealkylation sites (N-methyl/N-ethyl adjacent to an activating group) is 5. The molecule has 0 unspecified atom stereocenters. The molecule has 0 N–H and O–H groups in total. The molecule has 0 radical (unpaired) electrons. The lowest BCUT2D eigenvalue weighted by atomic mass is 9.96. The SMILES string of the molecule is [2H]C([2H])([2H])N1CCN(C(c2ccccc2)c2ccccc2)CC1.[2H]C1([2H])CN(C)CC([2H])([2H])N1C(c1ccccc1)c1ccccc1.[2H]c1c([2H])c([2H])c(C(c2c([2H])c([2H])c([2H])c([2H])c2[2H])N2C([2H])([2H])CN(C)CC2([2H])[2H])c([2H])c1[2H].[2H]c1c([2H])c([2H])c(C(c2c([2H])c([2H])c([2H])c([2H])c2[2H])N2CCN(C([2H])([2H])[2H])CC2)c([2H])c1[2H].[2H]c1c([2H])c([2H])c(C(c2c([2H])c([2H])c([2H])c([2H])c2[2H])N2CCN(C)CC2)c([2H])c1[2H]. The van der Waals surface area contributed by atoms with Gasteiger partial charge in [0.15, 0.2) is 0 Å². The summed E-state index contributed by atoms with van der Waals surface area (Å²) in [5.74, 6) is 0. The van der Waals surface area contributed by atoms with E-state index in [-0.39, 0.29) is 80.7 Å². The zero-order valence-electron chi connectivity index (χ0n) is 100. The molecule has 5 aliphatic rings. The van der Waals surface area contributed by atoms with Gasteiger partial charge < -0.3 is 24.5 Å². The number of benzene rings is 10. The minimum atomic E-state index is -2.52. The van der Waals surface area contributed by atoms with Crippen molar-refractivity contribution < 1.29 is 60.3 Å². The highest BCUT2D eigenvalue weighted by Crippen LogP contribution is 2.34. The van der Waals surface area contributed by atoms with Gasteiger partial charge >= 0.3 is 0 Å². The van der Waals surface area contributed by atoms with Gasteiger partial charge in [-0.1, -0.05) is 303 Å². The third kappa shape index (κ3) is 21.4. The van der Waals surface area contributed by atoms with Crippen molar-refractivity contribution >= 4 is 0 Å². The monoisotopic (exact) mass is 1380 g/mol. The summed E-state index contributed by atoms with van der Waals surface area (Å²) in [6, 6.07) is 17.1. The molecule has 520 valence electrons. The summed E-state index contributed by atoms with van der Waals surface area (Å²) >= 11 is 0. The van der Waals surface area contributed by atoms with Gasteiger partial charge in [-0.3, -0.25) is 24.5 Å². The minimum absolute atomic E-state index is 0.0598. The van der Waals surface area contributed by atoms with E-state index in [9.17, 15) is 0 Å². The Morgan fingerprint density at radius 3 is 0.620 bits per heavy atom. The third-order valence-electron chi connectivity index (χ3n) is 17.0. The first kappa shape index (κ1) is 35.6. The van der Waals surface area contributed by atoms with E-state index in [1.807, 2.05) is 84.7 Å². The number of hydrogen-bond donors (Lipinski definition) is 0. The normalized spacial score (nSPS) is 26.0. The number of rotatable bonds is 15. The third-order valence-corrected chi connectivity index (χ3v) is 17.0. The van der Waals surface area contributed by atoms with Crippen molar-refractivity contribution in [1.82, 2.24) is 49.0 Å². The minimum Gasteiger partial charge on any atom is -0.304 e. The summed E-state index contributed by atoms with van der Waals surface area (Å²) in [6.07, 6.45) is 0. The van der Waals surface area contributed by atoms with E-state index in [0.29, 0.717) is 44.2 Å².